The first kappa shape index (κ1) is 26.9. The molecule has 2 heterocycles. The van der Waals surface area contributed by atoms with E-state index in [9.17, 15) is 23.4 Å². The number of aromatic nitrogens is 2. The summed E-state index contributed by atoms with van der Waals surface area (Å²) in [4.78, 5) is 21.7. The molecule has 36 heavy (non-hydrogen) atoms. The fraction of sp³-hybridized carbons (Fsp3) is 0.318. The molecule has 192 valence electrons. The zero-order valence-corrected chi connectivity index (χ0v) is 21.9. The Balaban J connectivity index is 1.53. The third-order valence-corrected chi connectivity index (χ3v) is 8.29. The molecule has 0 aliphatic heterocycles. The van der Waals surface area contributed by atoms with Crippen molar-refractivity contribution in [1.29, 1.82) is 0 Å². The van der Waals surface area contributed by atoms with Gasteiger partial charge in [-0.2, -0.15) is 13.1 Å². The molecule has 4 rings (SSSR count). The maximum Gasteiger partial charge on any atom is 0.335 e. The van der Waals surface area contributed by atoms with Crippen LogP contribution in [0, 0.1) is 0 Å². The van der Waals surface area contributed by atoms with Crippen molar-refractivity contribution in [3.8, 4) is 0 Å². The maximum atomic E-state index is 13.3. The summed E-state index contributed by atoms with van der Waals surface area (Å²) in [6.07, 6.45) is -0.0960. The number of nitrogens with one attached hydrogen (secondary N) is 2. The SMILES string of the molecule is CNS(=O)(=O)O[C@@H]1C[C@H](Nc2ncncc2C(=O)c2cc([C@@H](O)c3cccc(Cl)c3)c(Cl)s2)C[C@@H]1O. The van der Waals surface area contributed by atoms with Gasteiger partial charge in [0.15, 0.2) is 0 Å². The van der Waals surface area contributed by atoms with Gasteiger partial charge in [-0.1, -0.05) is 35.3 Å². The third-order valence-electron chi connectivity index (χ3n) is 5.67. The normalized spacial score (nSPS) is 20.9. The highest BCUT2D eigenvalue weighted by Gasteiger charge is 2.37. The van der Waals surface area contributed by atoms with E-state index in [2.05, 4.69) is 15.3 Å². The number of rotatable bonds is 9. The predicted molar refractivity (Wildman–Crippen MR) is 136 cm³/mol. The summed E-state index contributed by atoms with van der Waals surface area (Å²) < 4.78 is 30.7. The van der Waals surface area contributed by atoms with Gasteiger partial charge in [0.05, 0.1) is 20.9 Å². The molecule has 0 bridgehead atoms. The average Bonchev–Trinajstić information content (AvgIpc) is 3.40. The van der Waals surface area contributed by atoms with Crippen molar-refractivity contribution < 1.29 is 27.6 Å². The number of anilines is 1. The summed E-state index contributed by atoms with van der Waals surface area (Å²) in [6, 6.07) is 7.81. The van der Waals surface area contributed by atoms with E-state index in [1.807, 2.05) is 4.72 Å². The number of carbonyl (C=O) groups excluding carboxylic acids is 1. The highest BCUT2D eigenvalue weighted by molar-refractivity contribution is 7.84. The predicted octanol–water partition coefficient (Wildman–Crippen LogP) is 2.94. The summed E-state index contributed by atoms with van der Waals surface area (Å²) in [6.45, 7) is 0. The second-order valence-electron chi connectivity index (χ2n) is 8.08. The topological polar surface area (TPSA) is 151 Å². The number of ketones is 1. The van der Waals surface area contributed by atoms with Crippen molar-refractivity contribution in [3.05, 3.63) is 73.8 Å². The molecule has 2 aromatic heterocycles. The van der Waals surface area contributed by atoms with Crippen LogP contribution in [0.25, 0.3) is 0 Å². The minimum absolute atomic E-state index is 0.154. The van der Waals surface area contributed by atoms with Gasteiger partial charge in [-0.3, -0.25) is 8.98 Å². The molecule has 0 saturated heterocycles. The number of nitrogens with zero attached hydrogens (tertiary/aromatic N) is 2. The van der Waals surface area contributed by atoms with Crippen molar-refractivity contribution in [2.45, 2.75) is 37.2 Å². The van der Waals surface area contributed by atoms with Gasteiger partial charge in [-0.25, -0.2) is 9.97 Å². The summed E-state index contributed by atoms with van der Waals surface area (Å²) >= 11 is 13.4. The van der Waals surface area contributed by atoms with Crippen LogP contribution in [-0.2, 0) is 14.5 Å². The second-order valence-corrected chi connectivity index (χ2v) is 11.7. The number of thiophene rings is 1. The van der Waals surface area contributed by atoms with E-state index in [0.29, 0.717) is 16.1 Å². The molecule has 0 spiro atoms. The first-order valence-corrected chi connectivity index (χ1v) is 13.7. The van der Waals surface area contributed by atoms with Gasteiger partial charge >= 0.3 is 10.3 Å². The summed E-state index contributed by atoms with van der Waals surface area (Å²) in [5, 5.41) is 24.6. The lowest BCUT2D eigenvalue weighted by Gasteiger charge is -2.15. The number of hydrogen-bond donors (Lipinski definition) is 4. The van der Waals surface area contributed by atoms with Crippen molar-refractivity contribution in [1.82, 2.24) is 14.7 Å². The fourth-order valence-electron chi connectivity index (χ4n) is 3.88. The standard InChI is InChI=1S/C22H22Cl2N4O6S2/c1-25-36(32,33)34-17-7-13(6-16(17)29)28-22-15(9-26-10-27-22)20(31)18-8-14(21(24)35-18)19(30)11-3-2-4-12(23)5-11/h2-5,8-10,13,16-17,19,25,29-30H,6-7H2,1H3,(H,26,27,28)/t13-,16+,17-,19+/m1/s1. The van der Waals surface area contributed by atoms with E-state index in [1.165, 1.54) is 25.6 Å². The van der Waals surface area contributed by atoms with Crippen LogP contribution in [0.15, 0.2) is 42.9 Å². The summed E-state index contributed by atoms with van der Waals surface area (Å²) in [5.74, 6) is -0.204. The Morgan fingerprint density at radius 1 is 1.28 bits per heavy atom. The minimum Gasteiger partial charge on any atom is -0.390 e. The second kappa shape index (κ2) is 11.1. The van der Waals surface area contributed by atoms with E-state index >= 15 is 0 Å². The number of aliphatic hydroxyl groups excluding tert-OH is 2. The van der Waals surface area contributed by atoms with Crippen LogP contribution in [0.4, 0.5) is 5.82 Å². The van der Waals surface area contributed by atoms with Crippen LogP contribution in [0.1, 0.15) is 45.3 Å². The lowest BCUT2D eigenvalue weighted by Crippen LogP contribution is -2.31. The Kier molecular flexibility index (Phi) is 8.27. The third kappa shape index (κ3) is 6.03. The fourth-order valence-corrected chi connectivity index (χ4v) is 5.99. The number of aliphatic hydroxyl groups is 2. The number of benzene rings is 1. The van der Waals surface area contributed by atoms with Crippen LogP contribution in [0.3, 0.4) is 0 Å². The van der Waals surface area contributed by atoms with Crippen LogP contribution >= 0.6 is 34.5 Å². The van der Waals surface area contributed by atoms with Gasteiger partial charge in [0, 0.05) is 29.9 Å². The zero-order valence-electron chi connectivity index (χ0n) is 18.8. The van der Waals surface area contributed by atoms with Gasteiger partial charge < -0.3 is 15.5 Å². The lowest BCUT2D eigenvalue weighted by atomic mass is 10.0. The van der Waals surface area contributed by atoms with Crippen LogP contribution in [0.5, 0.6) is 0 Å². The van der Waals surface area contributed by atoms with Crippen LogP contribution < -0.4 is 10.0 Å². The van der Waals surface area contributed by atoms with Gasteiger partial charge in [0.1, 0.15) is 24.4 Å². The molecule has 4 N–H and O–H groups in total. The van der Waals surface area contributed by atoms with Gasteiger partial charge in [0.2, 0.25) is 5.78 Å². The molecular formula is C22H22Cl2N4O6S2. The number of carbonyl (C=O) groups is 1. The van der Waals surface area contributed by atoms with Gasteiger partial charge in [0.25, 0.3) is 0 Å². The molecule has 1 fully saturated rings. The monoisotopic (exact) mass is 572 g/mol. The zero-order chi connectivity index (χ0) is 26.0. The van der Waals surface area contributed by atoms with E-state index in [1.54, 1.807) is 24.3 Å². The molecule has 14 heteroatoms. The molecule has 1 saturated carbocycles. The highest BCUT2D eigenvalue weighted by atomic mass is 35.5. The minimum atomic E-state index is -3.98. The molecular weight excluding hydrogens is 551 g/mol. The first-order chi connectivity index (χ1) is 17.1. The first-order valence-electron chi connectivity index (χ1n) is 10.7. The Labute approximate surface area is 221 Å². The summed E-state index contributed by atoms with van der Waals surface area (Å²) in [7, 11) is -2.77. The highest BCUT2D eigenvalue weighted by Crippen LogP contribution is 2.37. The van der Waals surface area contributed by atoms with Crippen molar-refractivity contribution in [2.24, 2.45) is 0 Å². The molecule has 1 aromatic carbocycles. The Hall–Kier alpha value is -2.16. The van der Waals surface area contributed by atoms with Crippen LogP contribution in [-0.4, -0.2) is 59.7 Å². The Bertz CT molecular complexity index is 1370. The van der Waals surface area contributed by atoms with E-state index < -0.39 is 40.4 Å². The lowest BCUT2D eigenvalue weighted by molar-refractivity contribution is 0.0636. The van der Waals surface area contributed by atoms with E-state index in [0.717, 1.165) is 11.3 Å². The van der Waals surface area contributed by atoms with Gasteiger partial charge in [-0.15, -0.1) is 11.3 Å². The molecule has 1 aliphatic rings. The van der Waals surface area contributed by atoms with Crippen LogP contribution in [0.2, 0.25) is 9.36 Å². The van der Waals surface area contributed by atoms with E-state index in [-0.39, 0.29) is 33.4 Å². The molecule has 0 unspecified atom stereocenters. The molecule has 0 amide bonds. The Morgan fingerprint density at radius 2 is 2.06 bits per heavy atom. The van der Waals surface area contributed by atoms with Crippen molar-refractivity contribution in [3.63, 3.8) is 0 Å². The van der Waals surface area contributed by atoms with Crippen molar-refractivity contribution in [2.75, 3.05) is 12.4 Å². The molecule has 3 aromatic rings. The maximum absolute atomic E-state index is 13.3. The molecule has 0 radical (unpaired) electrons. The average molecular weight is 573 g/mol. The van der Waals surface area contributed by atoms with Gasteiger partial charge in [-0.05, 0) is 36.6 Å². The Morgan fingerprint density at radius 3 is 2.78 bits per heavy atom. The quantitative estimate of drug-likeness (QED) is 0.283. The molecule has 4 atom stereocenters. The molecule has 10 nitrogen and oxygen atoms in total. The smallest absolute Gasteiger partial charge is 0.335 e. The largest absolute Gasteiger partial charge is 0.390 e. The summed E-state index contributed by atoms with van der Waals surface area (Å²) in [5.41, 5.74) is 1.05. The number of hydrogen-bond acceptors (Lipinski definition) is 10. The molecule has 1 aliphatic carbocycles. The van der Waals surface area contributed by atoms with E-state index in [4.69, 9.17) is 27.4 Å². The number of halogens is 2. The van der Waals surface area contributed by atoms with Crippen molar-refractivity contribution >= 4 is 56.4 Å².